The molecule has 0 aliphatic heterocycles. The second-order valence-corrected chi connectivity index (χ2v) is 8.34. The van der Waals surface area contributed by atoms with Gasteiger partial charge in [0.15, 0.2) is 0 Å². The van der Waals surface area contributed by atoms with Crippen molar-refractivity contribution in [1.29, 1.82) is 0 Å². The second-order valence-electron chi connectivity index (χ2n) is 8.34. The van der Waals surface area contributed by atoms with E-state index in [2.05, 4.69) is 27.4 Å². The zero-order valence-corrected chi connectivity index (χ0v) is 18.3. The highest BCUT2D eigenvalue weighted by Crippen LogP contribution is 2.23. The highest BCUT2D eigenvalue weighted by molar-refractivity contribution is 5.86. The summed E-state index contributed by atoms with van der Waals surface area (Å²) in [5.41, 5.74) is 0.489. The van der Waals surface area contributed by atoms with E-state index in [1.54, 1.807) is 6.92 Å². The van der Waals surface area contributed by atoms with Crippen LogP contribution in [0, 0.1) is 11.8 Å². The van der Waals surface area contributed by atoms with Gasteiger partial charge in [-0.1, -0.05) is 104 Å². The van der Waals surface area contributed by atoms with Crippen LogP contribution < -0.4 is 0 Å². The molecule has 0 aromatic rings. The summed E-state index contributed by atoms with van der Waals surface area (Å²) in [7, 11) is 0. The molecule has 0 aliphatic carbocycles. The third kappa shape index (κ3) is 15.5. The van der Waals surface area contributed by atoms with Crippen molar-refractivity contribution in [2.75, 3.05) is 6.61 Å². The van der Waals surface area contributed by atoms with Gasteiger partial charge >= 0.3 is 5.97 Å². The van der Waals surface area contributed by atoms with Crippen LogP contribution in [0.1, 0.15) is 118 Å². The number of unbranched alkanes of at least 4 members (excludes halogenated alkanes) is 10. The van der Waals surface area contributed by atoms with Crippen molar-refractivity contribution in [2.45, 2.75) is 118 Å². The van der Waals surface area contributed by atoms with E-state index in [0.29, 0.717) is 18.1 Å². The lowest BCUT2D eigenvalue weighted by molar-refractivity contribution is -0.139. The molecule has 26 heavy (non-hydrogen) atoms. The first-order valence-electron chi connectivity index (χ1n) is 11.3. The molecular formula is C24H46O2. The Hall–Kier alpha value is -0.790. The molecule has 0 radical (unpaired) electrons. The Kier molecular flexibility index (Phi) is 17.1. The SMILES string of the molecule is C=C(C)C(=O)OCCCC(C)C(C)CCCCCCCCCCCCC. The molecule has 0 saturated heterocycles. The van der Waals surface area contributed by atoms with Crippen molar-refractivity contribution in [3.8, 4) is 0 Å². The minimum Gasteiger partial charge on any atom is -0.462 e. The maximum absolute atomic E-state index is 11.3. The molecule has 0 fully saturated rings. The fraction of sp³-hybridized carbons (Fsp3) is 0.875. The van der Waals surface area contributed by atoms with E-state index in [1.165, 1.54) is 77.0 Å². The molecule has 154 valence electrons. The van der Waals surface area contributed by atoms with Gasteiger partial charge < -0.3 is 4.74 Å². The molecule has 0 spiro atoms. The fourth-order valence-corrected chi connectivity index (χ4v) is 3.39. The third-order valence-corrected chi connectivity index (χ3v) is 5.62. The Morgan fingerprint density at radius 2 is 1.19 bits per heavy atom. The van der Waals surface area contributed by atoms with Gasteiger partial charge in [0.1, 0.15) is 0 Å². The monoisotopic (exact) mass is 366 g/mol. The summed E-state index contributed by atoms with van der Waals surface area (Å²) in [6, 6.07) is 0. The smallest absolute Gasteiger partial charge is 0.333 e. The summed E-state index contributed by atoms with van der Waals surface area (Å²) in [6.07, 6.45) is 19.0. The van der Waals surface area contributed by atoms with Crippen molar-refractivity contribution in [2.24, 2.45) is 11.8 Å². The van der Waals surface area contributed by atoms with Crippen molar-refractivity contribution >= 4 is 5.97 Å². The molecule has 2 heteroatoms. The summed E-state index contributed by atoms with van der Waals surface area (Å²) < 4.78 is 5.17. The van der Waals surface area contributed by atoms with E-state index >= 15 is 0 Å². The number of rotatable bonds is 18. The molecule has 0 rings (SSSR count). The molecular weight excluding hydrogens is 320 g/mol. The molecule has 2 atom stereocenters. The Morgan fingerprint density at radius 3 is 1.65 bits per heavy atom. The molecule has 0 heterocycles. The van der Waals surface area contributed by atoms with Crippen molar-refractivity contribution in [3.63, 3.8) is 0 Å². The lowest BCUT2D eigenvalue weighted by atomic mass is 9.87. The molecule has 0 aromatic carbocycles. The van der Waals surface area contributed by atoms with E-state index in [4.69, 9.17) is 4.74 Å². The highest BCUT2D eigenvalue weighted by atomic mass is 16.5. The van der Waals surface area contributed by atoms with Crippen molar-refractivity contribution in [1.82, 2.24) is 0 Å². The number of hydrogen-bond donors (Lipinski definition) is 0. The second kappa shape index (κ2) is 17.6. The Bertz CT molecular complexity index is 348. The van der Waals surface area contributed by atoms with Gasteiger partial charge in [-0.15, -0.1) is 0 Å². The standard InChI is InChI=1S/C24H46O2/c1-6-7-8-9-10-11-12-13-14-15-16-18-22(4)23(5)19-17-20-26-24(25)21(2)3/h22-23H,2,6-20H2,1,3-5H3. The molecule has 2 nitrogen and oxygen atoms in total. The van der Waals surface area contributed by atoms with Gasteiger partial charge in [-0.2, -0.15) is 0 Å². The van der Waals surface area contributed by atoms with Crippen molar-refractivity contribution in [3.05, 3.63) is 12.2 Å². The zero-order chi connectivity index (χ0) is 19.6. The lowest BCUT2D eigenvalue weighted by Crippen LogP contribution is -2.11. The van der Waals surface area contributed by atoms with Crippen LogP contribution in [-0.4, -0.2) is 12.6 Å². The number of esters is 1. The first-order valence-corrected chi connectivity index (χ1v) is 11.3. The lowest BCUT2D eigenvalue weighted by Gasteiger charge is -2.19. The first kappa shape index (κ1) is 25.2. The van der Waals surface area contributed by atoms with Crippen LogP contribution in [0.25, 0.3) is 0 Å². The van der Waals surface area contributed by atoms with E-state index in [1.807, 2.05) is 0 Å². The van der Waals surface area contributed by atoms with E-state index in [9.17, 15) is 4.79 Å². The molecule has 2 unspecified atom stereocenters. The minimum atomic E-state index is -0.258. The largest absolute Gasteiger partial charge is 0.462 e. The predicted molar refractivity (Wildman–Crippen MR) is 114 cm³/mol. The van der Waals surface area contributed by atoms with Crippen LogP contribution in [0.3, 0.4) is 0 Å². The Labute approximate surface area is 164 Å². The van der Waals surface area contributed by atoms with Crippen LogP contribution in [0.5, 0.6) is 0 Å². The fourth-order valence-electron chi connectivity index (χ4n) is 3.39. The molecule has 0 aromatic heterocycles. The van der Waals surface area contributed by atoms with Crippen LogP contribution in [-0.2, 0) is 9.53 Å². The summed E-state index contributed by atoms with van der Waals surface area (Å²) in [6.45, 7) is 12.8. The van der Waals surface area contributed by atoms with Gasteiger partial charge in [0.2, 0.25) is 0 Å². The zero-order valence-electron chi connectivity index (χ0n) is 18.3. The van der Waals surface area contributed by atoms with Gasteiger partial charge in [0.05, 0.1) is 6.61 Å². The van der Waals surface area contributed by atoms with Gasteiger partial charge in [-0.05, 0) is 31.6 Å². The van der Waals surface area contributed by atoms with Crippen LogP contribution in [0.2, 0.25) is 0 Å². The van der Waals surface area contributed by atoms with Gasteiger partial charge in [-0.25, -0.2) is 4.79 Å². The predicted octanol–water partition coefficient (Wildman–Crippen LogP) is 7.86. The van der Waals surface area contributed by atoms with Crippen molar-refractivity contribution < 1.29 is 9.53 Å². The quantitative estimate of drug-likeness (QED) is 0.140. The summed E-state index contributed by atoms with van der Waals surface area (Å²) in [5.74, 6) is 1.22. The summed E-state index contributed by atoms with van der Waals surface area (Å²) in [5, 5.41) is 0. The maximum Gasteiger partial charge on any atom is 0.333 e. The number of hydrogen-bond acceptors (Lipinski definition) is 2. The average Bonchev–Trinajstić information content (AvgIpc) is 2.62. The average molecular weight is 367 g/mol. The summed E-state index contributed by atoms with van der Waals surface area (Å²) >= 11 is 0. The van der Waals surface area contributed by atoms with Crippen LogP contribution in [0.4, 0.5) is 0 Å². The molecule has 0 bridgehead atoms. The van der Waals surface area contributed by atoms with Crippen LogP contribution >= 0.6 is 0 Å². The van der Waals surface area contributed by atoms with E-state index < -0.39 is 0 Å². The molecule has 0 aliphatic rings. The third-order valence-electron chi connectivity index (χ3n) is 5.62. The minimum absolute atomic E-state index is 0.258. The number of ether oxygens (including phenoxy) is 1. The van der Waals surface area contributed by atoms with Crippen LogP contribution in [0.15, 0.2) is 12.2 Å². The molecule has 0 amide bonds. The number of carbonyl (C=O) groups is 1. The Morgan fingerprint density at radius 1 is 0.769 bits per heavy atom. The normalized spacial score (nSPS) is 13.4. The highest BCUT2D eigenvalue weighted by Gasteiger charge is 2.12. The molecule has 0 N–H and O–H groups in total. The maximum atomic E-state index is 11.3. The van der Waals surface area contributed by atoms with Gasteiger partial charge in [0, 0.05) is 5.57 Å². The molecule has 0 saturated carbocycles. The topological polar surface area (TPSA) is 26.3 Å². The summed E-state index contributed by atoms with van der Waals surface area (Å²) in [4.78, 5) is 11.3. The van der Waals surface area contributed by atoms with Gasteiger partial charge in [0.25, 0.3) is 0 Å². The Balaban J connectivity index is 3.42. The van der Waals surface area contributed by atoms with E-state index in [-0.39, 0.29) is 5.97 Å². The van der Waals surface area contributed by atoms with Gasteiger partial charge in [-0.3, -0.25) is 0 Å². The first-order chi connectivity index (χ1) is 12.5. The van der Waals surface area contributed by atoms with E-state index in [0.717, 1.165) is 18.8 Å². The number of carbonyl (C=O) groups excluding carboxylic acids is 1.